The van der Waals surface area contributed by atoms with Gasteiger partial charge in [0.25, 0.3) is 0 Å². The van der Waals surface area contributed by atoms with Crippen LogP contribution in [0, 0.1) is 0 Å². The lowest BCUT2D eigenvalue weighted by atomic mass is 10.0. The van der Waals surface area contributed by atoms with E-state index in [1.54, 1.807) is 12.3 Å². The highest BCUT2D eigenvalue weighted by Gasteiger charge is 2.48. The quantitative estimate of drug-likeness (QED) is 0.534. The molecule has 0 bridgehead atoms. The summed E-state index contributed by atoms with van der Waals surface area (Å²) in [5, 5.41) is 2.19. The predicted molar refractivity (Wildman–Crippen MR) is 74.6 cm³/mol. The Morgan fingerprint density at radius 2 is 1.80 bits per heavy atom. The molecule has 0 aliphatic carbocycles. The van der Waals surface area contributed by atoms with E-state index in [-0.39, 0.29) is 11.9 Å². The third kappa shape index (κ3) is 1.84. The molecule has 1 fully saturated rings. The number of carbonyl (C=O) groups is 1. The second-order valence-corrected chi connectivity index (χ2v) is 4.92. The van der Waals surface area contributed by atoms with Gasteiger partial charge in [0.05, 0.1) is 6.26 Å². The smallest absolute Gasteiger partial charge is 0.194 e. The fourth-order valence-electron chi connectivity index (χ4n) is 2.49. The van der Waals surface area contributed by atoms with E-state index in [0.29, 0.717) is 11.3 Å². The number of carbonyl (C=O) groups excluding carboxylic acids is 1. The van der Waals surface area contributed by atoms with Crippen LogP contribution in [0.2, 0.25) is 0 Å². The number of ether oxygens (including phenoxy) is 1. The van der Waals surface area contributed by atoms with Crippen molar-refractivity contribution >= 4 is 16.6 Å². The summed E-state index contributed by atoms with van der Waals surface area (Å²) in [5.74, 6) is 0.723. The molecule has 2 atom stereocenters. The Hall–Kier alpha value is -2.39. The molecule has 98 valence electrons. The summed E-state index contributed by atoms with van der Waals surface area (Å²) in [4.78, 5) is 12.4. The molecule has 1 saturated heterocycles. The number of benzene rings is 2. The van der Waals surface area contributed by atoms with Crippen molar-refractivity contribution in [3.8, 4) is 0 Å². The summed E-state index contributed by atoms with van der Waals surface area (Å²) in [6, 6.07) is 17.4. The van der Waals surface area contributed by atoms with E-state index in [1.807, 2.05) is 48.5 Å². The van der Waals surface area contributed by atoms with E-state index in [4.69, 9.17) is 9.15 Å². The van der Waals surface area contributed by atoms with Crippen molar-refractivity contribution in [2.24, 2.45) is 0 Å². The van der Waals surface area contributed by atoms with Crippen LogP contribution in [0.1, 0.15) is 22.2 Å². The van der Waals surface area contributed by atoms with Crippen LogP contribution in [-0.4, -0.2) is 11.9 Å². The molecule has 3 aromatic rings. The van der Waals surface area contributed by atoms with Gasteiger partial charge in [-0.2, -0.15) is 0 Å². The van der Waals surface area contributed by atoms with Crippen LogP contribution in [0.15, 0.2) is 65.3 Å². The van der Waals surface area contributed by atoms with Crippen LogP contribution in [0.5, 0.6) is 0 Å². The molecule has 0 spiro atoms. The van der Waals surface area contributed by atoms with E-state index in [9.17, 15) is 4.79 Å². The van der Waals surface area contributed by atoms with E-state index in [1.165, 1.54) is 0 Å². The second kappa shape index (κ2) is 4.32. The van der Waals surface area contributed by atoms with Gasteiger partial charge < -0.3 is 9.15 Å². The lowest BCUT2D eigenvalue weighted by Crippen LogP contribution is -2.07. The van der Waals surface area contributed by atoms with Gasteiger partial charge in [-0.15, -0.1) is 0 Å². The Bertz CT molecular complexity index is 774. The van der Waals surface area contributed by atoms with Crippen LogP contribution in [0.4, 0.5) is 0 Å². The molecule has 2 aromatic carbocycles. The predicted octanol–water partition coefficient (Wildman–Crippen LogP) is 3.76. The maximum Gasteiger partial charge on any atom is 0.194 e. The van der Waals surface area contributed by atoms with Gasteiger partial charge in [-0.25, -0.2) is 0 Å². The van der Waals surface area contributed by atoms with Crippen LogP contribution in [0.25, 0.3) is 10.8 Å². The first kappa shape index (κ1) is 11.4. The van der Waals surface area contributed by atoms with Gasteiger partial charge in [0.15, 0.2) is 11.9 Å². The number of ketones is 1. The van der Waals surface area contributed by atoms with Gasteiger partial charge in [0.1, 0.15) is 11.9 Å². The minimum Gasteiger partial charge on any atom is -0.466 e. The average molecular weight is 264 g/mol. The first-order chi connectivity index (χ1) is 9.83. The molecule has 20 heavy (non-hydrogen) atoms. The standard InChI is InChI=1S/C17H12O3/c18-15(17-16(20-17)14-6-3-9-19-14)13-8-7-11-4-1-2-5-12(11)10-13/h1-10,16-17H/t16-,17-/m1/s1. The van der Waals surface area contributed by atoms with Crippen LogP contribution in [-0.2, 0) is 4.74 Å². The minimum absolute atomic E-state index is 0.0113. The molecule has 1 aromatic heterocycles. The summed E-state index contributed by atoms with van der Waals surface area (Å²) >= 11 is 0. The highest BCUT2D eigenvalue weighted by Crippen LogP contribution is 2.40. The molecular formula is C17H12O3. The molecule has 3 nitrogen and oxygen atoms in total. The maximum absolute atomic E-state index is 12.4. The number of hydrogen-bond acceptors (Lipinski definition) is 3. The van der Waals surface area contributed by atoms with Crippen molar-refractivity contribution in [3.05, 3.63) is 72.2 Å². The molecule has 0 saturated carbocycles. The minimum atomic E-state index is -0.415. The summed E-state index contributed by atoms with van der Waals surface area (Å²) in [6.45, 7) is 0. The monoisotopic (exact) mass is 264 g/mol. The molecule has 0 unspecified atom stereocenters. The average Bonchev–Trinajstić information content (AvgIpc) is 3.11. The van der Waals surface area contributed by atoms with Crippen molar-refractivity contribution in [3.63, 3.8) is 0 Å². The number of hydrogen-bond donors (Lipinski definition) is 0. The van der Waals surface area contributed by atoms with Gasteiger partial charge in [-0.1, -0.05) is 36.4 Å². The Labute approximate surface area is 115 Å². The molecule has 0 amide bonds. The number of Topliss-reactive ketones (excluding diaryl/α,β-unsaturated/α-hetero) is 1. The van der Waals surface area contributed by atoms with E-state index < -0.39 is 6.10 Å². The van der Waals surface area contributed by atoms with Crippen molar-refractivity contribution in [1.82, 2.24) is 0 Å². The molecule has 0 radical (unpaired) electrons. The van der Waals surface area contributed by atoms with Crippen LogP contribution >= 0.6 is 0 Å². The lowest BCUT2D eigenvalue weighted by molar-refractivity contribution is 0.0954. The largest absolute Gasteiger partial charge is 0.466 e. The Kier molecular flexibility index (Phi) is 2.47. The van der Waals surface area contributed by atoms with Crippen molar-refractivity contribution in [2.75, 3.05) is 0 Å². The van der Waals surface area contributed by atoms with Crippen molar-refractivity contribution in [1.29, 1.82) is 0 Å². The number of furan rings is 1. The molecule has 3 heteroatoms. The number of epoxide rings is 1. The Morgan fingerprint density at radius 1 is 0.950 bits per heavy atom. The SMILES string of the molecule is O=C(c1ccc2ccccc2c1)[C@H]1O[C@@H]1c1ccco1. The molecule has 1 aliphatic rings. The molecule has 0 N–H and O–H groups in total. The van der Waals surface area contributed by atoms with Crippen molar-refractivity contribution in [2.45, 2.75) is 12.2 Å². The highest BCUT2D eigenvalue weighted by atomic mass is 16.6. The van der Waals surface area contributed by atoms with Gasteiger partial charge >= 0.3 is 0 Å². The van der Waals surface area contributed by atoms with E-state index >= 15 is 0 Å². The van der Waals surface area contributed by atoms with Crippen molar-refractivity contribution < 1.29 is 13.9 Å². The van der Waals surface area contributed by atoms with Crippen LogP contribution < -0.4 is 0 Å². The van der Waals surface area contributed by atoms with Gasteiger partial charge in [0, 0.05) is 5.56 Å². The zero-order valence-electron chi connectivity index (χ0n) is 10.7. The third-order valence-electron chi connectivity index (χ3n) is 3.61. The van der Waals surface area contributed by atoms with E-state index in [2.05, 4.69) is 0 Å². The zero-order valence-corrected chi connectivity index (χ0v) is 10.7. The Morgan fingerprint density at radius 3 is 2.60 bits per heavy atom. The molecule has 1 aliphatic heterocycles. The zero-order chi connectivity index (χ0) is 13.5. The summed E-state index contributed by atoms with van der Waals surface area (Å²) < 4.78 is 10.7. The highest BCUT2D eigenvalue weighted by molar-refractivity contribution is 6.04. The van der Waals surface area contributed by atoms with Crippen LogP contribution in [0.3, 0.4) is 0 Å². The molecule has 4 rings (SSSR count). The first-order valence-electron chi connectivity index (χ1n) is 6.55. The third-order valence-corrected chi connectivity index (χ3v) is 3.61. The maximum atomic E-state index is 12.4. The summed E-state index contributed by atoms with van der Waals surface area (Å²) in [5.41, 5.74) is 0.683. The van der Waals surface area contributed by atoms with E-state index in [0.717, 1.165) is 10.8 Å². The number of rotatable bonds is 3. The topological polar surface area (TPSA) is 42.7 Å². The van der Waals surface area contributed by atoms with Gasteiger partial charge in [-0.05, 0) is 29.0 Å². The first-order valence-corrected chi connectivity index (χ1v) is 6.55. The lowest BCUT2D eigenvalue weighted by Gasteiger charge is -2.01. The van der Waals surface area contributed by atoms with Gasteiger partial charge in [0.2, 0.25) is 0 Å². The molecule has 2 heterocycles. The molecular weight excluding hydrogens is 252 g/mol. The van der Waals surface area contributed by atoms with Gasteiger partial charge in [-0.3, -0.25) is 4.79 Å². The summed E-state index contributed by atoms with van der Waals surface area (Å²) in [6.07, 6.45) is 0.945. The second-order valence-electron chi connectivity index (χ2n) is 4.92. The normalized spacial score (nSPS) is 21.0. The fraction of sp³-hybridized carbons (Fsp3) is 0.118. The summed E-state index contributed by atoms with van der Waals surface area (Å²) in [7, 11) is 0. The number of fused-ring (bicyclic) bond motifs is 1. The fourth-order valence-corrected chi connectivity index (χ4v) is 2.49. The Balaban J connectivity index is 1.62.